The first-order chi connectivity index (χ1) is 13.9. The fraction of sp³-hybridized carbons (Fsp3) is 0.158. The number of carbonyl (C=O) groups excluding carboxylic acids is 2. The minimum atomic E-state index is -0.679. The molecule has 0 aliphatic carbocycles. The molecule has 3 aromatic rings. The van der Waals surface area contributed by atoms with Gasteiger partial charge in [0.1, 0.15) is 5.25 Å². The molecule has 2 heterocycles. The van der Waals surface area contributed by atoms with Crippen molar-refractivity contribution in [2.24, 2.45) is 0 Å². The largest absolute Gasteiger partial charge is 0.411 e. The summed E-state index contributed by atoms with van der Waals surface area (Å²) in [4.78, 5) is 36.6. The first kappa shape index (κ1) is 18.8. The second kappa shape index (κ2) is 7.47. The van der Waals surface area contributed by atoms with Gasteiger partial charge < -0.3 is 4.42 Å². The summed E-state index contributed by atoms with van der Waals surface area (Å²) in [6, 6.07) is 12.9. The van der Waals surface area contributed by atoms with E-state index in [1.807, 2.05) is 19.1 Å². The third-order valence-corrected chi connectivity index (χ3v) is 5.37. The molecule has 1 aliphatic rings. The SMILES string of the molecule is Cc1ccc(N2C(=O)CC(Sc3nnc(-c4cccc([N+](=O)[O-])c4)o3)C2=O)cc1. The van der Waals surface area contributed by atoms with Gasteiger partial charge in [0.05, 0.1) is 10.6 Å². The smallest absolute Gasteiger partial charge is 0.277 e. The highest BCUT2D eigenvalue weighted by Gasteiger charge is 2.41. The van der Waals surface area contributed by atoms with Gasteiger partial charge in [-0.25, -0.2) is 4.90 Å². The monoisotopic (exact) mass is 410 g/mol. The minimum Gasteiger partial charge on any atom is -0.411 e. The van der Waals surface area contributed by atoms with Crippen molar-refractivity contribution in [1.82, 2.24) is 10.2 Å². The molecule has 0 spiro atoms. The lowest BCUT2D eigenvalue weighted by atomic mass is 10.2. The Bertz CT molecular complexity index is 1110. The number of nitrogens with zero attached hydrogens (tertiary/aromatic N) is 4. The number of anilines is 1. The van der Waals surface area contributed by atoms with Crippen LogP contribution in [0.4, 0.5) is 11.4 Å². The number of benzene rings is 2. The van der Waals surface area contributed by atoms with Crippen LogP contribution in [-0.4, -0.2) is 32.2 Å². The van der Waals surface area contributed by atoms with Crippen LogP contribution < -0.4 is 4.90 Å². The predicted octanol–water partition coefficient (Wildman–Crippen LogP) is 3.38. The molecule has 146 valence electrons. The van der Waals surface area contributed by atoms with Crippen LogP contribution in [0.1, 0.15) is 12.0 Å². The molecular formula is C19H14N4O5S. The Balaban J connectivity index is 1.51. The maximum atomic E-state index is 12.7. The number of hydrogen-bond donors (Lipinski definition) is 0. The topological polar surface area (TPSA) is 119 Å². The van der Waals surface area contributed by atoms with E-state index in [4.69, 9.17) is 4.42 Å². The first-order valence-electron chi connectivity index (χ1n) is 8.61. The van der Waals surface area contributed by atoms with E-state index in [2.05, 4.69) is 10.2 Å². The van der Waals surface area contributed by atoms with Crippen molar-refractivity contribution in [2.75, 3.05) is 4.90 Å². The molecule has 1 aliphatic heterocycles. The van der Waals surface area contributed by atoms with Gasteiger partial charge in [-0.3, -0.25) is 19.7 Å². The number of aryl methyl sites for hydroxylation is 1. The molecule has 9 nitrogen and oxygen atoms in total. The van der Waals surface area contributed by atoms with Gasteiger partial charge in [0.25, 0.3) is 10.9 Å². The molecule has 10 heteroatoms. The number of nitro groups is 1. The van der Waals surface area contributed by atoms with Gasteiger partial charge in [-0.2, -0.15) is 0 Å². The molecule has 1 fully saturated rings. The van der Waals surface area contributed by atoms with Crippen LogP contribution in [0, 0.1) is 17.0 Å². The minimum absolute atomic E-state index is 0.0197. The highest BCUT2D eigenvalue weighted by Crippen LogP contribution is 2.34. The Labute approximate surface area is 168 Å². The standard InChI is InChI=1S/C19H14N4O5S/c1-11-5-7-13(8-6-11)22-16(24)10-15(18(22)25)29-19-21-20-17(28-19)12-3-2-4-14(9-12)23(26)27/h2-9,15H,10H2,1H3. The van der Waals surface area contributed by atoms with Crippen LogP contribution in [0.25, 0.3) is 11.5 Å². The summed E-state index contributed by atoms with van der Waals surface area (Å²) in [5.74, 6) is -0.544. The molecule has 0 radical (unpaired) electrons. The van der Waals surface area contributed by atoms with Gasteiger partial charge in [0.15, 0.2) is 0 Å². The Morgan fingerprint density at radius 1 is 1.17 bits per heavy atom. The summed E-state index contributed by atoms with van der Waals surface area (Å²) >= 11 is 1.00. The number of carbonyl (C=O) groups is 2. The zero-order chi connectivity index (χ0) is 20.5. The number of amides is 2. The molecule has 0 N–H and O–H groups in total. The Kier molecular flexibility index (Phi) is 4.85. The summed E-state index contributed by atoms with van der Waals surface area (Å²) in [7, 11) is 0. The maximum Gasteiger partial charge on any atom is 0.277 e. The van der Waals surface area contributed by atoms with Crippen LogP contribution in [0.5, 0.6) is 0 Å². The van der Waals surface area contributed by atoms with E-state index in [1.165, 1.54) is 18.2 Å². The molecule has 1 atom stereocenters. The van der Waals surface area contributed by atoms with Crippen molar-refractivity contribution in [1.29, 1.82) is 0 Å². The van der Waals surface area contributed by atoms with E-state index < -0.39 is 10.2 Å². The van der Waals surface area contributed by atoms with Crippen molar-refractivity contribution in [3.05, 3.63) is 64.2 Å². The number of thioether (sulfide) groups is 1. The van der Waals surface area contributed by atoms with Crippen LogP contribution in [0.3, 0.4) is 0 Å². The van der Waals surface area contributed by atoms with Gasteiger partial charge in [0, 0.05) is 24.1 Å². The Morgan fingerprint density at radius 3 is 2.66 bits per heavy atom. The Morgan fingerprint density at radius 2 is 1.93 bits per heavy atom. The highest BCUT2D eigenvalue weighted by atomic mass is 32.2. The number of imide groups is 1. The van der Waals surface area contributed by atoms with Gasteiger partial charge in [0.2, 0.25) is 17.7 Å². The number of hydrogen-bond acceptors (Lipinski definition) is 8. The van der Waals surface area contributed by atoms with Gasteiger partial charge in [-0.05, 0) is 25.1 Å². The number of aromatic nitrogens is 2. The number of nitro benzene ring substituents is 1. The van der Waals surface area contributed by atoms with Crippen molar-refractivity contribution in [3.63, 3.8) is 0 Å². The number of rotatable bonds is 5. The zero-order valence-corrected chi connectivity index (χ0v) is 16.0. The molecule has 2 aromatic carbocycles. The summed E-state index contributed by atoms with van der Waals surface area (Å²) in [6.07, 6.45) is 0.0197. The molecule has 0 bridgehead atoms. The van der Waals surface area contributed by atoms with E-state index >= 15 is 0 Å². The summed E-state index contributed by atoms with van der Waals surface area (Å²) in [5, 5.41) is 18.1. The lowest BCUT2D eigenvalue weighted by Gasteiger charge is -2.14. The van der Waals surface area contributed by atoms with E-state index in [-0.39, 0.29) is 35.0 Å². The molecule has 4 rings (SSSR count). The average Bonchev–Trinajstić information content (AvgIpc) is 3.28. The first-order valence-corrected chi connectivity index (χ1v) is 9.49. The summed E-state index contributed by atoms with van der Waals surface area (Å²) < 4.78 is 5.54. The second-order valence-corrected chi connectivity index (χ2v) is 7.55. The van der Waals surface area contributed by atoms with Gasteiger partial charge in [-0.1, -0.05) is 35.5 Å². The van der Waals surface area contributed by atoms with E-state index in [0.717, 1.165) is 22.2 Å². The van der Waals surface area contributed by atoms with E-state index in [0.29, 0.717) is 11.3 Å². The summed E-state index contributed by atoms with van der Waals surface area (Å²) in [6.45, 7) is 1.92. The predicted molar refractivity (Wildman–Crippen MR) is 104 cm³/mol. The molecule has 0 saturated carbocycles. The highest BCUT2D eigenvalue weighted by molar-refractivity contribution is 8.00. The fourth-order valence-corrected chi connectivity index (χ4v) is 3.80. The molecule has 1 unspecified atom stereocenters. The molecule has 29 heavy (non-hydrogen) atoms. The fourth-order valence-electron chi connectivity index (χ4n) is 2.91. The average molecular weight is 410 g/mol. The normalized spacial score (nSPS) is 16.4. The van der Waals surface area contributed by atoms with Crippen molar-refractivity contribution >= 4 is 35.0 Å². The maximum absolute atomic E-state index is 12.7. The lowest BCUT2D eigenvalue weighted by Crippen LogP contribution is -2.31. The lowest BCUT2D eigenvalue weighted by molar-refractivity contribution is -0.384. The zero-order valence-electron chi connectivity index (χ0n) is 15.1. The Hall–Kier alpha value is -3.53. The molecule has 1 aromatic heterocycles. The quantitative estimate of drug-likeness (QED) is 0.357. The van der Waals surface area contributed by atoms with Crippen LogP contribution >= 0.6 is 11.8 Å². The van der Waals surface area contributed by atoms with Gasteiger partial charge >= 0.3 is 0 Å². The van der Waals surface area contributed by atoms with Gasteiger partial charge in [-0.15, -0.1) is 10.2 Å². The third-order valence-electron chi connectivity index (χ3n) is 4.35. The van der Waals surface area contributed by atoms with Crippen LogP contribution in [0.2, 0.25) is 0 Å². The molecular weight excluding hydrogens is 396 g/mol. The third kappa shape index (κ3) is 3.74. The number of non-ortho nitro benzene ring substituents is 1. The second-order valence-electron chi connectivity index (χ2n) is 6.39. The van der Waals surface area contributed by atoms with E-state index in [1.54, 1.807) is 18.2 Å². The molecule has 1 saturated heterocycles. The molecule has 2 amide bonds. The van der Waals surface area contributed by atoms with Crippen molar-refractivity contribution in [2.45, 2.75) is 23.8 Å². The van der Waals surface area contributed by atoms with Crippen LogP contribution in [0.15, 0.2) is 58.2 Å². The van der Waals surface area contributed by atoms with Crippen LogP contribution in [-0.2, 0) is 9.59 Å². The van der Waals surface area contributed by atoms with E-state index in [9.17, 15) is 19.7 Å². The summed E-state index contributed by atoms with van der Waals surface area (Å²) in [5.41, 5.74) is 1.85. The van der Waals surface area contributed by atoms with Crippen molar-refractivity contribution in [3.8, 4) is 11.5 Å². The van der Waals surface area contributed by atoms with Crippen molar-refractivity contribution < 1.29 is 18.9 Å².